The van der Waals surface area contributed by atoms with E-state index in [0.717, 1.165) is 11.1 Å². The molecule has 0 spiro atoms. The molecule has 0 bridgehead atoms. The molecule has 5 nitrogen and oxygen atoms in total. The number of nitrogens with one attached hydrogen (secondary N) is 1. The Hall–Kier alpha value is -2.32. The summed E-state index contributed by atoms with van der Waals surface area (Å²) in [5.41, 5.74) is 12.5. The molecule has 0 saturated heterocycles. The zero-order valence-electron chi connectivity index (χ0n) is 11.7. The summed E-state index contributed by atoms with van der Waals surface area (Å²) in [6.07, 6.45) is 0.109. The Kier molecular flexibility index (Phi) is 5.75. The van der Waals surface area contributed by atoms with Crippen LogP contribution in [-0.2, 0) is 4.79 Å². The van der Waals surface area contributed by atoms with Gasteiger partial charge < -0.3 is 16.8 Å². The highest BCUT2D eigenvalue weighted by Crippen LogP contribution is 2.13. The third-order valence-corrected chi connectivity index (χ3v) is 2.79. The van der Waals surface area contributed by atoms with Gasteiger partial charge in [-0.05, 0) is 31.5 Å². The molecule has 0 aliphatic heterocycles. The van der Waals surface area contributed by atoms with E-state index in [2.05, 4.69) is 17.2 Å². The van der Waals surface area contributed by atoms with Crippen molar-refractivity contribution in [3.8, 4) is 11.8 Å². The fourth-order valence-corrected chi connectivity index (χ4v) is 1.82. The molecule has 5 heteroatoms. The van der Waals surface area contributed by atoms with Crippen molar-refractivity contribution in [2.45, 2.75) is 26.3 Å². The van der Waals surface area contributed by atoms with Crippen LogP contribution in [0.2, 0.25) is 0 Å². The van der Waals surface area contributed by atoms with Crippen molar-refractivity contribution < 1.29 is 9.59 Å². The van der Waals surface area contributed by atoms with Crippen LogP contribution >= 0.6 is 0 Å². The molecule has 1 aromatic rings. The number of carbonyl (C=O) groups excluding carboxylic acids is 2. The van der Waals surface area contributed by atoms with Crippen LogP contribution in [0.1, 0.15) is 34.8 Å². The van der Waals surface area contributed by atoms with E-state index in [1.165, 1.54) is 0 Å². The van der Waals surface area contributed by atoms with Crippen LogP contribution < -0.4 is 16.8 Å². The maximum atomic E-state index is 12.1. The molecular formula is C15H19N3O2. The van der Waals surface area contributed by atoms with Gasteiger partial charge in [-0.15, -0.1) is 0 Å². The SMILES string of the molecule is Cc1c(C#CCN)cccc1C(=O)NC(C)CC(N)=O. The molecule has 1 rings (SSSR count). The van der Waals surface area contributed by atoms with E-state index in [4.69, 9.17) is 11.5 Å². The van der Waals surface area contributed by atoms with Gasteiger partial charge in [-0.2, -0.15) is 0 Å². The first-order valence-corrected chi connectivity index (χ1v) is 6.33. The first-order chi connectivity index (χ1) is 9.45. The lowest BCUT2D eigenvalue weighted by Gasteiger charge is -2.13. The van der Waals surface area contributed by atoms with Gasteiger partial charge in [0.15, 0.2) is 0 Å². The molecule has 0 heterocycles. The molecular weight excluding hydrogens is 254 g/mol. The van der Waals surface area contributed by atoms with Gasteiger partial charge in [-0.1, -0.05) is 17.9 Å². The van der Waals surface area contributed by atoms with E-state index in [0.29, 0.717) is 5.56 Å². The number of hydrogen-bond acceptors (Lipinski definition) is 3. The largest absolute Gasteiger partial charge is 0.370 e. The number of hydrogen-bond donors (Lipinski definition) is 3. The normalized spacial score (nSPS) is 11.2. The minimum Gasteiger partial charge on any atom is -0.370 e. The van der Waals surface area contributed by atoms with Crippen LogP contribution in [0.5, 0.6) is 0 Å². The van der Waals surface area contributed by atoms with Crippen molar-refractivity contribution in [1.29, 1.82) is 0 Å². The Balaban J connectivity index is 2.91. The van der Waals surface area contributed by atoms with Gasteiger partial charge in [0.05, 0.1) is 6.54 Å². The lowest BCUT2D eigenvalue weighted by molar-refractivity contribution is -0.118. The summed E-state index contributed by atoms with van der Waals surface area (Å²) in [5.74, 6) is 5.00. The Morgan fingerprint density at radius 3 is 2.70 bits per heavy atom. The van der Waals surface area contributed by atoms with Gasteiger partial charge in [0, 0.05) is 23.6 Å². The molecule has 1 unspecified atom stereocenters. The summed E-state index contributed by atoms with van der Waals surface area (Å²) in [5, 5.41) is 2.74. The van der Waals surface area contributed by atoms with Crippen LogP contribution in [0.4, 0.5) is 0 Å². The van der Waals surface area contributed by atoms with Crippen LogP contribution in [0.15, 0.2) is 18.2 Å². The molecule has 5 N–H and O–H groups in total. The highest BCUT2D eigenvalue weighted by Gasteiger charge is 2.14. The third kappa shape index (κ3) is 4.41. The standard InChI is InChI=1S/C15H19N3O2/c1-10(9-14(17)19)18-15(20)13-7-3-5-12(11(13)2)6-4-8-16/h3,5,7,10H,8-9,16H2,1-2H3,(H2,17,19)(H,18,20). The van der Waals surface area contributed by atoms with Gasteiger partial charge >= 0.3 is 0 Å². The topological polar surface area (TPSA) is 98.2 Å². The molecule has 0 aliphatic carbocycles. The number of carbonyl (C=O) groups is 2. The fraction of sp³-hybridized carbons (Fsp3) is 0.333. The molecule has 2 amide bonds. The minimum atomic E-state index is -0.447. The Morgan fingerprint density at radius 1 is 1.40 bits per heavy atom. The first-order valence-electron chi connectivity index (χ1n) is 6.33. The Labute approximate surface area is 118 Å². The highest BCUT2D eigenvalue weighted by atomic mass is 16.2. The van der Waals surface area contributed by atoms with Crippen LogP contribution in [0, 0.1) is 18.8 Å². The smallest absolute Gasteiger partial charge is 0.251 e. The summed E-state index contributed by atoms with van der Waals surface area (Å²) in [6, 6.07) is 5.01. The number of amides is 2. The molecule has 20 heavy (non-hydrogen) atoms. The zero-order valence-corrected chi connectivity index (χ0v) is 11.7. The van der Waals surface area contributed by atoms with Gasteiger partial charge in [0.1, 0.15) is 0 Å². The highest BCUT2D eigenvalue weighted by molar-refractivity contribution is 5.96. The molecule has 0 fully saturated rings. The number of primary amides is 1. The van der Waals surface area contributed by atoms with Crippen molar-refractivity contribution in [3.63, 3.8) is 0 Å². The van der Waals surface area contributed by atoms with Crippen LogP contribution in [-0.4, -0.2) is 24.4 Å². The minimum absolute atomic E-state index is 0.109. The average molecular weight is 273 g/mol. The molecule has 0 aliphatic rings. The van der Waals surface area contributed by atoms with E-state index in [9.17, 15) is 9.59 Å². The third-order valence-electron chi connectivity index (χ3n) is 2.79. The Bertz CT molecular complexity index is 570. The maximum Gasteiger partial charge on any atom is 0.251 e. The van der Waals surface area contributed by atoms with Crippen LogP contribution in [0.3, 0.4) is 0 Å². The van der Waals surface area contributed by atoms with E-state index in [1.54, 1.807) is 19.1 Å². The molecule has 1 aromatic carbocycles. The average Bonchev–Trinajstić information content (AvgIpc) is 2.36. The first kappa shape index (κ1) is 15.7. The van der Waals surface area contributed by atoms with E-state index < -0.39 is 5.91 Å². The second-order valence-electron chi connectivity index (χ2n) is 4.53. The Morgan fingerprint density at radius 2 is 2.10 bits per heavy atom. The van der Waals surface area contributed by atoms with E-state index >= 15 is 0 Å². The molecule has 0 radical (unpaired) electrons. The summed E-state index contributed by atoms with van der Waals surface area (Å²) < 4.78 is 0. The van der Waals surface area contributed by atoms with Crippen molar-refractivity contribution in [2.24, 2.45) is 11.5 Å². The molecule has 1 atom stereocenters. The van der Waals surface area contributed by atoms with Crippen LogP contribution in [0.25, 0.3) is 0 Å². The predicted molar refractivity (Wildman–Crippen MR) is 77.9 cm³/mol. The number of benzene rings is 1. The summed E-state index contributed by atoms with van der Waals surface area (Å²) >= 11 is 0. The lowest BCUT2D eigenvalue weighted by Crippen LogP contribution is -2.36. The number of nitrogens with two attached hydrogens (primary N) is 2. The number of rotatable bonds is 4. The fourth-order valence-electron chi connectivity index (χ4n) is 1.82. The molecule has 106 valence electrons. The van der Waals surface area contributed by atoms with Gasteiger partial charge in [0.25, 0.3) is 5.91 Å². The molecule has 0 saturated carbocycles. The van der Waals surface area contributed by atoms with Crippen molar-refractivity contribution in [1.82, 2.24) is 5.32 Å². The van der Waals surface area contributed by atoms with Gasteiger partial charge in [0.2, 0.25) is 5.91 Å². The zero-order chi connectivity index (χ0) is 15.1. The summed E-state index contributed by atoms with van der Waals surface area (Å²) in [7, 11) is 0. The molecule has 0 aromatic heterocycles. The van der Waals surface area contributed by atoms with Crippen molar-refractivity contribution in [3.05, 3.63) is 34.9 Å². The van der Waals surface area contributed by atoms with Gasteiger partial charge in [-0.25, -0.2) is 0 Å². The lowest BCUT2D eigenvalue weighted by atomic mass is 10.0. The van der Waals surface area contributed by atoms with E-state index in [-0.39, 0.29) is 24.9 Å². The van der Waals surface area contributed by atoms with E-state index in [1.807, 2.05) is 13.0 Å². The maximum absolute atomic E-state index is 12.1. The predicted octanol–water partition coefficient (Wildman–Crippen LogP) is 0.299. The van der Waals surface area contributed by atoms with Crippen molar-refractivity contribution >= 4 is 11.8 Å². The monoisotopic (exact) mass is 273 g/mol. The second-order valence-corrected chi connectivity index (χ2v) is 4.53. The van der Waals surface area contributed by atoms with Crippen molar-refractivity contribution in [2.75, 3.05) is 6.54 Å². The summed E-state index contributed by atoms with van der Waals surface area (Å²) in [4.78, 5) is 23.0. The summed E-state index contributed by atoms with van der Waals surface area (Å²) in [6.45, 7) is 3.83. The van der Waals surface area contributed by atoms with Gasteiger partial charge in [-0.3, -0.25) is 9.59 Å². The second kappa shape index (κ2) is 7.31. The quantitative estimate of drug-likeness (QED) is 0.688.